The van der Waals surface area contributed by atoms with E-state index in [-0.39, 0.29) is 24.9 Å². The standard InChI is InChI=1S/C29H30N4O5/c1-20(2)32(21-11-13-23(38-4)14-12-21)26(35)19-31-24-9-5-6-10-25(24)33(22-8-7-16-30-18-22)28(37)29(3,15-17-34)27(31)36/h5-14,16-18,20H,15,19H2,1-4H3. The van der Waals surface area contributed by atoms with E-state index >= 15 is 0 Å². The van der Waals surface area contributed by atoms with Crippen molar-refractivity contribution < 1.29 is 23.9 Å². The van der Waals surface area contributed by atoms with Crippen LogP contribution in [0, 0.1) is 5.41 Å². The number of benzene rings is 2. The van der Waals surface area contributed by atoms with Crippen molar-refractivity contribution in [3.8, 4) is 5.75 Å². The van der Waals surface area contributed by atoms with Crippen LogP contribution in [0.25, 0.3) is 0 Å². The molecule has 9 nitrogen and oxygen atoms in total. The predicted octanol–water partition coefficient (Wildman–Crippen LogP) is 4.14. The molecule has 1 aliphatic heterocycles. The molecule has 1 unspecified atom stereocenters. The molecule has 38 heavy (non-hydrogen) atoms. The fourth-order valence-corrected chi connectivity index (χ4v) is 4.66. The van der Waals surface area contributed by atoms with E-state index in [1.54, 1.807) is 78.9 Å². The highest BCUT2D eigenvalue weighted by atomic mass is 16.5. The van der Waals surface area contributed by atoms with Crippen molar-refractivity contribution in [2.45, 2.75) is 33.2 Å². The topological polar surface area (TPSA) is 100 Å². The molecule has 1 aliphatic rings. The average Bonchev–Trinajstić information content (AvgIpc) is 2.98. The van der Waals surface area contributed by atoms with E-state index < -0.39 is 17.2 Å². The Morgan fingerprint density at radius 2 is 1.71 bits per heavy atom. The van der Waals surface area contributed by atoms with Gasteiger partial charge in [0.1, 0.15) is 24.0 Å². The first-order chi connectivity index (χ1) is 18.2. The number of methoxy groups -OCH3 is 1. The number of hydrogen-bond donors (Lipinski definition) is 0. The van der Waals surface area contributed by atoms with Crippen LogP contribution in [0.5, 0.6) is 5.75 Å². The average molecular weight is 515 g/mol. The quantitative estimate of drug-likeness (QED) is 0.331. The Bertz CT molecular complexity index is 1340. The minimum absolute atomic E-state index is 0.219. The Morgan fingerprint density at radius 1 is 1.03 bits per heavy atom. The van der Waals surface area contributed by atoms with Gasteiger partial charge in [0.2, 0.25) is 17.7 Å². The van der Waals surface area contributed by atoms with Gasteiger partial charge in [-0.1, -0.05) is 12.1 Å². The molecule has 9 heteroatoms. The summed E-state index contributed by atoms with van der Waals surface area (Å²) >= 11 is 0. The van der Waals surface area contributed by atoms with Crippen LogP contribution in [0.1, 0.15) is 27.2 Å². The third-order valence-corrected chi connectivity index (χ3v) is 6.63. The first kappa shape index (κ1) is 26.5. The van der Waals surface area contributed by atoms with Gasteiger partial charge in [0.05, 0.1) is 30.4 Å². The summed E-state index contributed by atoms with van der Waals surface area (Å²) in [4.78, 5) is 62.0. The molecular formula is C29H30N4O5. The van der Waals surface area contributed by atoms with Crippen molar-refractivity contribution in [2.75, 3.05) is 28.4 Å². The molecule has 196 valence electrons. The molecule has 4 rings (SSSR count). The Balaban J connectivity index is 1.82. The van der Waals surface area contributed by atoms with Crippen molar-refractivity contribution in [3.05, 3.63) is 73.1 Å². The number of anilines is 4. The van der Waals surface area contributed by atoms with Gasteiger partial charge in [-0.3, -0.25) is 29.2 Å². The summed E-state index contributed by atoms with van der Waals surface area (Å²) in [7, 11) is 1.56. The van der Waals surface area contributed by atoms with E-state index in [0.717, 1.165) is 0 Å². The van der Waals surface area contributed by atoms with Crippen LogP contribution in [0.2, 0.25) is 0 Å². The van der Waals surface area contributed by atoms with Crippen LogP contribution >= 0.6 is 0 Å². The van der Waals surface area contributed by atoms with Gasteiger partial charge in [0.25, 0.3) is 0 Å². The first-order valence-electron chi connectivity index (χ1n) is 12.3. The van der Waals surface area contributed by atoms with Crippen molar-refractivity contribution in [2.24, 2.45) is 5.41 Å². The fourth-order valence-electron chi connectivity index (χ4n) is 4.66. The molecule has 0 saturated carbocycles. The number of nitrogens with zero attached hydrogens (tertiary/aromatic N) is 4. The smallest absolute Gasteiger partial charge is 0.247 e. The van der Waals surface area contributed by atoms with Crippen molar-refractivity contribution in [1.82, 2.24) is 4.98 Å². The van der Waals surface area contributed by atoms with Gasteiger partial charge in [-0.05, 0) is 69.3 Å². The second-order valence-electron chi connectivity index (χ2n) is 9.49. The van der Waals surface area contributed by atoms with E-state index in [1.165, 1.54) is 22.9 Å². The Hall–Kier alpha value is -4.53. The van der Waals surface area contributed by atoms with E-state index in [9.17, 15) is 19.2 Å². The third-order valence-electron chi connectivity index (χ3n) is 6.63. The molecule has 1 aromatic heterocycles. The molecule has 3 amide bonds. The number of aldehydes is 1. The molecule has 2 heterocycles. The molecule has 0 aliphatic carbocycles. The monoisotopic (exact) mass is 514 g/mol. The number of carbonyl (C=O) groups is 4. The number of carbonyl (C=O) groups excluding carboxylic acids is 4. The van der Waals surface area contributed by atoms with Crippen molar-refractivity contribution >= 4 is 46.8 Å². The molecule has 2 aromatic carbocycles. The zero-order valence-electron chi connectivity index (χ0n) is 21.8. The predicted molar refractivity (Wildman–Crippen MR) is 145 cm³/mol. The van der Waals surface area contributed by atoms with Crippen LogP contribution in [-0.2, 0) is 19.2 Å². The molecule has 0 spiro atoms. The third kappa shape index (κ3) is 4.74. The van der Waals surface area contributed by atoms with E-state index in [1.807, 2.05) is 13.8 Å². The van der Waals surface area contributed by atoms with Crippen LogP contribution in [0.3, 0.4) is 0 Å². The Labute approximate surface area is 221 Å². The molecule has 0 N–H and O–H groups in total. The van der Waals surface area contributed by atoms with Gasteiger partial charge in [-0.2, -0.15) is 0 Å². The lowest BCUT2D eigenvalue weighted by molar-refractivity contribution is -0.141. The number of rotatable bonds is 8. The molecule has 0 saturated heterocycles. The normalized spacial score (nSPS) is 17.2. The number of fused-ring (bicyclic) bond motifs is 1. The SMILES string of the molecule is COc1ccc(N(C(=O)CN2C(=O)C(C)(CC=O)C(=O)N(c3cccnc3)c3ccccc32)C(C)C)cc1. The van der Waals surface area contributed by atoms with Crippen molar-refractivity contribution in [3.63, 3.8) is 0 Å². The summed E-state index contributed by atoms with van der Waals surface area (Å²) < 4.78 is 5.24. The van der Waals surface area contributed by atoms with Gasteiger partial charge < -0.3 is 14.4 Å². The highest BCUT2D eigenvalue weighted by Gasteiger charge is 2.50. The summed E-state index contributed by atoms with van der Waals surface area (Å²) in [6, 6.07) is 17.1. The number of amides is 3. The zero-order chi connectivity index (χ0) is 27.4. The van der Waals surface area contributed by atoms with Crippen LogP contribution in [-0.4, -0.2) is 48.7 Å². The number of hydrogen-bond acceptors (Lipinski definition) is 6. The van der Waals surface area contributed by atoms with Gasteiger partial charge in [-0.15, -0.1) is 0 Å². The van der Waals surface area contributed by atoms with Crippen LogP contribution in [0.15, 0.2) is 73.1 Å². The molecule has 0 radical (unpaired) electrons. The summed E-state index contributed by atoms with van der Waals surface area (Å²) in [5.74, 6) is -0.884. The van der Waals surface area contributed by atoms with Gasteiger partial charge in [0.15, 0.2) is 0 Å². The number of pyridine rings is 1. The lowest BCUT2D eigenvalue weighted by Crippen LogP contribution is -2.52. The van der Waals surface area contributed by atoms with E-state index in [0.29, 0.717) is 34.8 Å². The van der Waals surface area contributed by atoms with Crippen LogP contribution in [0.4, 0.5) is 22.7 Å². The van der Waals surface area contributed by atoms with Crippen molar-refractivity contribution in [1.29, 1.82) is 0 Å². The van der Waals surface area contributed by atoms with Gasteiger partial charge >= 0.3 is 0 Å². The molecular weight excluding hydrogens is 484 g/mol. The second-order valence-corrected chi connectivity index (χ2v) is 9.49. The number of aromatic nitrogens is 1. The molecule has 0 fully saturated rings. The van der Waals surface area contributed by atoms with Gasteiger partial charge in [0, 0.05) is 24.3 Å². The Kier molecular flexibility index (Phi) is 7.57. The maximum absolute atomic E-state index is 14.1. The summed E-state index contributed by atoms with van der Waals surface area (Å²) in [6.07, 6.45) is 3.32. The van der Waals surface area contributed by atoms with Gasteiger partial charge in [-0.25, -0.2) is 0 Å². The number of para-hydroxylation sites is 2. The zero-order valence-corrected chi connectivity index (χ0v) is 21.8. The van der Waals surface area contributed by atoms with E-state index in [4.69, 9.17) is 4.74 Å². The highest BCUT2D eigenvalue weighted by Crippen LogP contribution is 2.43. The first-order valence-corrected chi connectivity index (χ1v) is 12.3. The van der Waals surface area contributed by atoms with Crippen LogP contribution < -0.4 is 19.4 Å². The molecule has 1 atom stereocenters. The summed E-state index contributed by atoms with van der Waals surface area (Å²) in [5, 5.41) is 0. The number of ether oxygens (including phenoxy) is 1. The fraction of sp³-hybridized carbons (Fsp3) is 0.276. The maximum atomic E-state index is 14.1. The minimum atomic E-state index is -1.74. The summed E-state index contributed by atoms with van der Waals surface area (Å²) in [6.45, 7) is 4.88. The molecule has 0 bridgehead atoms. The lowest BCUT2D eigenvalue weighted by atomic mass is 9.84. The molecule has 3 aromatic rings. The minimum Gasteiger partial charge on any atom is -0.497 e. The summed E-state index contributed by atoms with van der Waals surface area (Å²) in [5.41, 5.74) is 0.160. The maximum Gasteiger partial charge on any atom is 0.247 e. The van der Waals surface area contributed by atoms with E-state index in [2.05, 4.69) is 4.98 Å². The Morgan fingerprint density at radius 3 is 2.29 bits per heavy atom. The second kappa shape index (κ2) is 10.8. The largest absolute Gasteiger partial charge is 0.497 e. The highest BCUT2D eigenvalue weighted by molar-refractivity contribution is 6.24. The lowest BCUT2D eigenvalue weighted by Gasteiger charge is -2.33.